The zero-order valence-corrected chi connectivity index (χ0v) is 10.9. The van der Waals surface area contributed by atoms with Crippen molar-refractivity contribution in [3.63, 3.8) is 0 Å². The fourth-order valence-electron chi connectivity index (χ4n) is 2.07. The van der Waals surface area contributed by atoms with Crippen molar-refractivity contribution in [2.45, 2.75) is 36.0 Å². The molecule has 0 unspecified atom stereocenters. The van der Waals surface area contributed by atoms with Crippen molar-refractivity contribution >= 4 is 27.1 Å². The fraction of sp³-hybridized carbons (Fsp3) is 0.500. The van der Waals surface area contributed by atoms with Gasteiger partial charge in [-0.05, 0) is 18.9 Å². The highest BCUT2D eigenvalue weighted by atomic mass is 35.5. The molecule has 98 valence electrons. The lowest BCUT2D eigenvalue weighted by Gasteiger charge is -2.10. The minimum Gasteiger partial charge on any atom is -0.258 e. The topological polar surface area (TPSA) is 90.2 Å². The third-order valence-electron chi connectivity index (χ3n) is 3.03. The first-order chi connectivity index (χ1) is 8.43. The summed E-state index contributed by atoms with van der Waals surface area (Å²) in [6, 6.07) is 2.23. The van der Waals surface area contributed by atoms with Crippen molar-refractivity contribution in [3.05, 3.63) is 27.4 Å². The lowest BCUT2D eigenvalue weighted by atomic mass is 10.4. The van der Waals surface area contributed by atoms with Gasteiger partial charge in [-0.15, -0.1) is 0 Å². The van der Waals surface area contributed by atoms with E-state index >= 15 is 0 Å². The van der Waals surface area contributed by atoms with Gasteiger partial charge in [-0.1, -0.05) is 24.4 Å². The van der Waals surface area contributed by atoms with E-state index in [1.807, 2.05) is 0 Å². The molecule has 1 heterocycles. The van der Waals surface area contributed by atoms with Gasteiger partial charge in [-0.25, -0.2) is 13.4 Å². The highest BCUT2D eigenvalue weighted by Gasteiger charge is 2.32. The largest absolute Gasteiger partial charge is 0.306 e. The second-order valence-corrected chi connectivity index (χ2v) is 6.70. The maximum atomic E-state index is 12.2. The molecule has 0 aliphatic heterocycles. The van der Waals surface area contributed by atoms with Crippen LogP contribution in [-0.2, 0) is 9.84 Å². The molecule has 1 fully saturated rings. The number of hydrogen-bond acceptors (Lipinski definition) is 5. The minimum atomic E-state index is -3.52. The lowest BCUT2D eigenvalue weighted by molar-refractivity contribution is -0.385. The molecule has 1 aromatic rings. The summed E-state index contributed by atoms with van der Waals surface area (Å²) in [5, 5.41) is 9.56. The summed E-state index contributed by atoms with van der Waals surface area (Å²) in [6.45, 7) is 0. The number of sulfone groups is 1. The summed E-state index contributed by atoms with van der Waals surface area (Å²) < 4.78 is 24.4. The number of nitro groups is 1. The van der Waals surface area contributed by atoms with Gasteiger partial charge in [-0.2, -0.15) is 0 Å². The van der Waals surface area contributed by atoms with Crippen molar-refractivity contribution < 1.29 is 13.3 Å². The van der Waals surface area contributed by atoms with Crippen molar-refractivity contribution in [2.75, 3.05) is 0 Å². The van der Waals surface area contributed by atoms with Crippen LogP contribution in [0, 0.1) is 10.1 Å². The van der Waals surface area contributed by atoms with Gasteiger partial charge >= 0.3 is 5.69 Å². The van der Waals surface area contributed by atoms with Crippen LogP contribution in [0.15, 0.2) is 17.2 Å². The van der Waals surface area contributed by atoms with Crippen LogP contribution in [0.2, 0.25) is 5.15 Å². The molecule has 1 aliphatic carbocycles. The lowest BCUT2D eigenvalue weighted by Crippen LogP contribution is -2.19. The zero-order chi connectivity index (χ0) is 13.3. The predicted octanol–water partition coefficient (Wildman–Crippen LogP) is 2.36. The molecule has 2 rings (SSSR count). The quantitative estimate of drug-likeness (QED) is 0.484. The van der Waals surface area contributed by atoms with Crippen LogP contribution in [0.1, 0.15) is 25.7 Å². The van der Waals surface area contributed by atoms with E-state index in [4.69, 9.17) is 11.6 Å². The number of hydrogen-bond donors (Lipinski definition) is 0. The molecule has 0 radical (unpaired) electrons. The van der Waals surface area contributed by atoms with Crippen LogP contribution in [0.5, 0.6) is 0 Å². The van der Waals surface area contributed by atoms with Crippen LogP contribution in [0.25, 0.3) is 0 Å². The third kappa shape index (κ3) is 2.32. The van der Waals surface area contributed by atoms with E-state index in [0.29, 0.717) is 12.8 Å². The summed E-state index contributed by atoms with van der Waals surface area (Å²) in [4.78, 5) is 13.5. The second-order valence-electron chi connectivity index (χ2n) is 4.17. The Morgan fingerprint density at radius 3 is 2.44 bits per heavy atom. The van der Waals surface area contributed by atoms with Crippen LogP contribution < -0.4 is 0 Å². The summed E-state index contributed by atoms with van der Waals surface area (Å²) in [5.74, 6) is 0. The smallest absolute Gasteiger partial charge is 0.258 e. The Kier molecular flexibility index (Phi) is 3.54. The molecule has 6 nitrogen and oxygen atoms in total. The first kappa shape index (κ1) is 13.2. The molecule has 0 saturated heterocycles. The molecule has 0 spiro atoms. The zero-order valence-electron chi connectivity index (χ0n) is 9.37. The van der Waals surface area contributed by atoms with E-state index in [2.05, 4.69) is 4.98 Å². The fourth-order valence-corrected chi connectivity index (χ4v) is 4.12. The Labute approximate surface area is 109 Å². The van der Waals surface area contributed by atoms with Crippen LogP contribution in [-0.4, -0.2) is 23.6 Å². The first-order valence-corrected chi connectivity index (χ1v) is 7.40. The van der Waals surface area contributed by atoms with Gasteiger partial charge in [0.1, 0.15) is 0 Å². The molecule has 0 bridgehead atoms. The maximum absolute atomic E-state index is 12.2. The third-order valence-corrected chi connectivity index (χ3v) is 5.47. The van der Waals surface area contributed by atoms with Gasteiger partial charge in [-0.3, -0.25) is 10.1 Å². The average Bonchev–Trinajstić information content (AvgIpc) is 2.82. The van der Waals surface area contributed by atoms with Gasteiger partial charge in [0, 0.05) is 6.07 Å². The molecular weight excluding hydrogens is 280 g/mol. The summed E-state index contributed by atoms with van der Waals surface area (Å²) in [5.41, 5.74) is -0.387. The normalized spacial score (nSPS) is 16.9. The molecule has 8 heteroatoms. The molecule has 18 heavy (non-hydrogen) atoms. The van der Waals surface area contributed by atoms with E-state index < -0.39 is 20.0 Å². The predicted molar refractivity (Wildman–Crippen MR) is 65.3 cm³/mol. The molecule has 0 N–H and O–H groups in total. The van der Waals surface area contributed by atoms with E-state index in [1.165, 1.54) is 0 Å². The van der Waals surface area contributed by atoms with Crippen LogP contribution in [0.4, 0.5) is 5.69 Å². The number of nitrogens with zero attached hydrogens (tertiary/aromatic N) is 2. The summed E-state index contributed by atoms with van der Waals surface area (Å²) >= 11 is 5.62. The molecule has 0 atom stereocenters. The van der Waals surface area contributed by atoms with Gasteiger partial charge in [0.15, 0.2) is 14.9 Å². The highest BCUT2D eigenvalue weighted by Crippen LogP contribution is 2.31. The van der Waals surface area contributed by atoms with Gasteiger partial charge in [0.25, 0.3) is 0 Å². The molecule has 1 aliphatic rings. The van der Waals surface area contributed by atoms with E-state index in [9.17, 15) is 18.5 Å². The van der Waals surface area contributed by atoms with E-state index in [-0.39, 0.29) is 15.9 Å². The van der Waals surface area contributed by atoms with E-state index in [0.717, 1.165) is 25.0 Å². The molecular formula is C10H11ClN2O4S. The highest BCUT2D eigenvalue weighted by molar-refractivity contribution is 7.92. The molecule has 0 amide bonds. The average molecular weight is 291 g/mol. The van der Waals surface area contributed by atoms with Crippen molar-refractivity contribution in [1.29, 1.82) is 0 Å². The Hall–Kier alpha value is -1.21. The number of rotatable bonds is 3. The second kappa shape index (κ2) is 4.81. The van der Waals surface area contributed by atoms with Gasteiger partial charge in [0.05, 0.1) is 10.2 Å². The Bertz CT molecular complexity index is 582. The number of aromatic nitrogens is 1. The molecule has 0 aromatic carbocycles. The van der Waals surface area contributed by atoms with Crippen molar-refractivity contribution in [3.8, 4) is 0 Å². The standard InChI is InChI=1S/C10H11ClN2O4S/c11-10-8(13(14)15)5-6-9(12-10)18(16,17)7-3-1-2-4-7/h5-7H,1-4H2. The van der Waals surface area contributed by atoms with Crippen molar-refractivity contribution in [1.82, 2.24) is 4.98 Å². The Morgan fingerprint density at radius 1 is 1.33 bits per heavy atom. The molecule has 1 aromatic heterocycles. The number of pyridine rings is 1. The molecule has 1 saturated carbocycles. The van der Waals surface area contributed by atoms with Crippen LogP contribution in [0.3, 0.4) is 0 Å². The Morgan fingerprint density at radius 2 is 1.94 bits per heavy atom. The van der Waals surface area contributed by atoms with Crippen LogP contribution >= 0.6 is 11.6 Å². The monoisotopic (exact) mass is 290 g/mol. The SMILES string of the molecule is O=[N+]([O-])c1ccc(S(=O)(=O)C2CCCC2)nc1Cl. The van der Waals surface area contributed by atoms with E-state index in [1.54, 1.807) is 0 Å². The number of halogens is 1. The first-order valence-electron chi connectivity index (χ1n) is 5.48. The van der Waals surface area contributed by atoms with Gasteiger partial charge in [0.2, 0.25) is 5.15 Å². The van der Waals surface area contributed by atoms with Crippen molar-refractivity contribution in [2.24, 2.45) is 0 Å². The summed E-state index contributed by atoms with van der Waals surface area (Å²) in [7, 11) is -3.52. The maximum Gasteiger partial charge on any atom is 0.306 e. The Balaban J connectivity index is 2.40. The van der Waals surface area contributed by atoms with Gasteiger partial charge < -0.3 is 0 Å². The minimum absolute atomic E-state index is 0.176. The summed E-state index contributed by atoms with van der Waals surface area (Å²) in [6.07, 6.45) is 2.98.